The highest BCUT2D eigenvalue weighted by Gasteiger charge is 2.26. The fraction of sp³-hybridized carbons (Fsp3) is 0.455. The Bertz CT molecular complexity index is 823. The van der Waals surface area contributed by atoms with Gasteiger partial charge in [-0.15, -0.1) is 0 Å². The van der Waals surface area contributed by atoms with Crippen LogP contribution in [0.5, 0.6) is 0 Å². The van der Waals surface area contributed by atoms with Gasteiger partial charge in [0.15, 0.2) is 0 Å². The first kappa shape index (κ1) is 21.4. The van der Waals surface area contributed by atoms with Crippen LogP contribution in [-0.2, 0) is 4.74 Å². The summed E-state index contributed by atoms with van der Waals surface area (Å²) in [7, 11) is 0. The SMILES string of the molecule is CCNc1nc(C)c(C(C)OC(C)(C)C)c(-c2ccc(Cl)cc2)c1C(C)=N. The first-order valence-corrected chi connectivity index (χ1v) is 9.70. The summed E-state index contributed by atoms with van der Waals surface area (Å²) >= 11 is 6.11. The molecule has 0 saturated carbocycles. The predicted octanol–water partition coefficient (Wildman–Crippen LogP) is 6.41. The zero-order valence-corrected chi connectivity index (χ0v) is 18.1. The van der Waals surface area contributed by atoms with Crippen LogP contribution >= 0.6 is 11.6 Å². The normalized spacial score (nSPS) is 12.7. The Morgan fingerprint density at radius 3 is 2.33 bits per heavy atom. The van der Waals surface area contributed by atoms with E-state index in [2.05, 4.69) is 5.32 Å². The average molecular weight is 388 g/mol. The van der Waals surface area contributed by atoms with E-state index >= 15 is 0 Å². The van der Waals surface area contributed by atoms with Crippen LogP contribution in [0.3, 0.4) is 0 Å². The van der Waals surface area contributed by atoms with Crippen LogP contribution < -0.4 is 5.32 Å². The van der Waals surface area contributed by atoms with E-state index in [-0.39, 0.29) is 11.7 Å². The van der Waals surface area contributed by atoms with Crippen LogP contribution in [0, 0.1) is 12.3 Å². The smallest absolute Gasteiger partial charge is 0.135 e. The maximum absolute atomic E-state index is 8.43. The van der Waals surface area contributed by atoms with E-state index in [4.69, 9.17) is 26.7 Å². The number of ether oxygens (including phenoxy) is 1. The molecule has 0 radical (unpaired) electrons. The molecule has 2 rings (SSSR count). The van der Waals surface area contributed by atoms with Gasteiger partial charge in [-0.1, -0.05) is 23.7 Å². The minimum absolute atomic E-state index is 0.169. The van der Waals surface area contributed by atoms with E-state index in [0.29, 0.717) is 10.7 Å². The van der Waals surface area contributed by atoms with E-state index in [9.17, 15) is 0 Å². The quantitative estimate of drug-likeness (QED) is 0.563. The molecule has 1 aromatic heterocycles. The number of halogens is 1. The van der Waals surface area contributed by atoms with Crippen molar-refractivity contribution in [3.05, 3.63) is 46.1 Å². The lowest BCUT2D eigenvalue weighted by molar-refractivity contribution is -0.0530. The van der Waals surface area contributed by atoms with E-state index in [1.54, 1.807) is 6.92 Å². The molecule has 0 amide bonds. The first-order chi connectivity index (χ1) is 12.5. The van der Waals surface area contributed by atoms with Gasteiger partial charge in [0.25, 0.3) is 0 Å². The summed E-state index contributed by atoms with van der Waals surface area (Å²) in [6.07, 6.45) is -0.169. The minimum atomic E-state index is -0.288. The third-order valence-electron chi connectivity index (χ3n) is 4.21. The standard InChI is InChI=1S/C22H30ClN3O/c1-8-25-21-18(13(2)24)20(16-9-11-17(23)12-10-16)19(14(3)26-21)15(4)27-22(5,6)7/h9-12,15,24H,8H2,1-7H3,(H,25,26). The number of hydrogen-bond donors (Lipinski definition) is 2. The molecule has 1 unspecified atom stereocenters. The molecule has 146 valence electrons. The number of rotatable bonds is 6. The van der Waals surface area contributed by atoms with Gasteiger partial charge in [-0.05, 0) is 66.2 Å². The molecule has 0 spiro atoms. The molecule has 4 nitrogen and oxygen atoms in total. The molecule has 2 N–H and O–H groups in total. The lowest BCUT2D eigenvalue weighted by Gasteiger charge is -2.29. The van der Waals surface area contributed by atoms with Crippen molar-refractivity contribution in [2.24, 2.45) is 0 Å². The summed E-state index contributed by atoms with van der Waals surface area (Å²) in [5.41, 5.74) is 4.89. The Hall–Kier alpha value is -1.91. The monoisotopic (exact) mass is 387 g/mol. The molecular formula is C22H30ClN3O. The molecule has 2 aromatic rings. The molecule has 27 heavy (non-hydrogen) atoms. The fourth-order valence-electron chi connectivity index (χ4n) is 3.38. The fourth-order valence-corrected chi connectivity index (χ4v) is 3.51. The molecule has 1 heterocycles. The number of anilines is 1. The molecule has 5 heteroatoms. The minimum Gasteiger partial charge on any atom is -0.370 e. The number of nitrogens with one attached hydrogen (secondary N) is 2. The zero-order chi connectivity index (χ0) is 20.4. The second-order valence-corrected chi connectivity index (χ2v) is 8.18. The molecule has 1 aromatic carbocycles. The van der Waals surface area contributed by atoms with Crippen molar-refractivity contribution >= 4 is 23.1 Å². The predicted molar refractivity (Wildman–Crippen MR) is 115 cm³/mol. The molecule has 0 aliphatic heterocycles. The van der Waals surface area contributed by atoms with Gasteiger partial charge in [0, 0.05) is 39.7 Å². The van der Waals surface area contributed by atoms with Crippen LogP contribution in [0.1, 0.15) is 64.5 Å². The summed E-state index contributed by atoms with van der Waals surface area (Å²) in [6, 6.07) is 7.74. The van der Waals surface area contributed by atoms with Gasteiger partial charge >= 0.3 is 0 Å². The molecule has 0 aliphatic carbocycles. The van der Waals surface area contributed by atoms with Crippen LogP contribution in [-0.4, -0.2) is 22.8 Å². The summed E-state index contributed by atoms with van der Waals surface area (Å²) in [5.74, 6) is 0.735. The van der Waals surface area contributed by atoms with Crippen LogP contribution in [0.4, 0.5) is 5.82 Å². The van der Waals surface area contributed by atoms with Gasteiger partial charge in [-0.2, -0.15) is 0 Å². The van der Waals surface area contributed by atoms with Crippen molar-refractivity contribution in [2.75, 3.05) is 11.9 Å². The Morgan fingerprint density at radius 2 is 1.85 bits per heavy atom. The second-order valence-electron chi connectivity index (χ2n) is 7.74. The molecule has 1 atom stereocenters. The molecular weight excluding hydrogens is 358 g/mol. The van der Waals surface area contributed by atoms with Gasteiger partial charge in [0.05, 0.1) is 11.7 Å². The van der Waals surface area contributed by atoms with Crippen molar-refractivity contribution in [2.45, 2.75) is 60.2 Å². The lowest BCUT2D eigenvalue weighted by Crippen LogP contribution is -2.23. The molecule has 0 fully saturated rings. The van der Waals surface area contributed by atoms with Crippen molar-refractivity contribution in [3.63, 3.8) is 0 Å². The van der Waals surface area contributed by atoms with Crippen LogP contribution in [0.25, 0.3) is 11.1 Å². The van der Waals surface area contributed by atoms with Crippen molar-refractivity contribution in [1.82, 2.24) is 4.98 Å². The number of nitrogens with zero attached hydrogens (tertiary/aromatic N) is 1. The van der Waals surface area contributed by atoms with Gasteiger partial charge in [-0.25, -0.2) is 4.98 Å². The third kappa shape index (κ3) is 5.08. The highest BCUT2D eigenvalue weighted by molar-refractivity contribution is 6.30. The maximum Gasteiger partial charge on any atom is 0.135 e. The highest BCUT2D eigenvalue weighted by atomic mass is 35.5. The Kier molecular flexibility index (Phi) is 6.66. The molecule has 0 bridgehead atoms. The highest BCUT2D eigenvalue weighted by Crippen LogP contribution is 2.39. The first-order valence-electron chi connectivity index (χ1n) is 9.32. The topological polar surface area (TPSA) is 58.0 Å². The van der Waals surface area contributed by atoms with E-state index in [1.807, 2.05) is 65.8 Å². The van der Waals surface area contributed by atoms with E-state index in [1.165, 1.54) is 0 Å². The third-order valence-corrected chi connectivity index (χ3v) is 4.47. The van der Waals surface area contributed by atoms with Crippen LogP contribution in [0.2, 0.25) is 5.02 Å². The van der Waals surface area contributed by atoms with Crippen molar-refractivity contribution in [3.8, 4) is 11.1 Å². The van der Waals surface area contributed by atoms with Crippen LogP contribution in [0.15, 0.2) is 24.3 Å². The van der Waals surface area contributed by atoms with Gasteiger partial charge in [-0.3, -0.25) is 0 Å². The zero-order valence-electron chi connectivity index (χ0n) is 17.3. The Labute approximate surface area is 167 Å². The number of benzene rings is 1. The summed E-state index contributed by atoms with van der Waals surface area (Å²) in [5, 5.41) is 12.4. The summed E-state index contributed by atoms with van der Waals surface area (Å²) in [4.78, 5) is 4.78. The Balaban J connectivity index is 2.83. The number of aromatic nitrogens is 1. The summed E-state index contributed by atoms with van der Waals surface area (Å²) < 4.78 is 6.27. The number of pyridine rings is 1. The van der Waals surface area contributed by atoms with Gasteiger partial charge in [0.1, 0.15) is 5.82 Å². The number of hydrogen-bond acceptors (Lipinski definition) is 4. The van der Waals surface area contributed by atoms with Gasteiger partial charge < -0.3 is 15.5 Å². The molecule has 0 aliphatic rings. The Morgan fingerprint density at radius 1 is 1.26 bits per heavy atom. The average Bonchev–Trinajstić information content (AvgIpc) is 2.53. The summed E-state index contributed by atoms with van der Waals surface area (Å²) in [6.45, 7) is 14.7. The van der Waals surface area contributed by atoms with E-state index < -0.39 is 0 Å². The molecule has 0 saturated heterocycles. The largest absolute Gasteiger partial charge is 0.370 e. The maximum atomic E-state index is 8.43. The second kappa shape index (κ2) is 8.41. The van der Waals surface area contributed by atoms with Crippen molar-refractivity contribution < 1.29 is 4.74 Å². The van der Waals surface area contributed by atoms with Crippen molar-refractivity contribution in [1.29, 1.82) is 5.41 Å². The van der Waals surface area contributed by atoms with Gasteiger partial charge in [0.2, 0.25) is 0 Å². The number of aryl methyl sites for hydroxylation is 1. The van der Waals surface area contributed by atoms with E-state index in [0.717, 1.165) is 40.3 Å². The lowest BCUT2D eigenvalue weighted by atomic mass is 9.89.